The van der Waals surface area contributed by atoms with Crippen molar-refractivity contribution in [3.63, 3.8) is 0 Å². The Morgan fingerprint density at radius 1 is 1.23 bits per heavy atom. The number of carbonyl (C=O) groups excluding carboxylic acids is 2. The van der Waals surface area contributed by atoms with Crippen LogP contribution in [0.2, 0.25) is 0 Å². The summed E-state index contributed by atoms with van der Waals surface area (Å²) < 4.78 is 4.94. The molecule has 0 saturated carbocycles. The minimum absolute atomic E-state index is 0.0598. The number of anilines is 1. The summed E-state index contributed by atoms with van der Waals surface area (Å²) >= 11 is 0. The zero-order valence-corrected chi connectivity index (χ0v) is 13.3. The number of carbonyl (C=O) groups is 2. The third-order valence-corrected chi connectivity index (χ3v) is 4.01. The van der Waals surface area contributed by atoms with Crippen LogP contribution < -0.4 is 5.32 Å². The van der Waals surface area contributed by atoms with E-state index in [1.807, 2.05) is 4.90 Å². The second kappa shape index (κ2) is 7.82. The molecule has 1 unspecified atom stereocenters. The van der Waals surface area contributed by atoms with E-state index in [2.05, 4.69) is 12.2 Å². The molecule has 1 fully saturated rings. The first-order chi connectivity index (χ1) is 10.7. The molecule has 5 heteroatoms. The van der Waals surface area contributed by atoms with Crippen molar-refractivity contribution in [2.24, 2.45) is 0 Å². The van der Waals surface area contributed by atoms with Crippen LogP contribution in [0.5, 0.6) is 0 Å². The molecule has 5 nitrogen and oxygen atoms in total. The van der Waals surface area contributed by atoms with Crippen molar-refractivity contribution in [3.8, 4) is 0 Å². The fourth-order valence-corrected chi connectivity index (χ4v) is 2.79. The monoisotopic (exact) mass is 304 g/mol. The van der Waals surface area contributed by atoms with Crippen molar-refractivity contribution in [2.45, 2.75) is 45.6 Å². The number of esters is 1. The van der Waals surface area contributed by atoms with Crippen molar-refractivity contribution in [3.05, 3.63) is 29.8 Å². The van der Waals surface area contributed by atoms with Crippen LogP contribution in [0.3, 0.4) is 0 Å². The molecule has 1 aromatic rings. The second-order valence-electron chi connectivity index (χ2n) is 5.48. The van der Waals surface area contributed by atoms with E-state index >= 15 is 0 Å². The average Bonchev–Trinajstić information content (AvgIpc) is 2.55. The summed E-state index contributed by atoms with van der Waals surface area (Å²) in [7, 11) is 0. The topological polar surface area (TPSA) is 58.6 Å². The van der Waals surface area contributed by atoms with E-state index in [0.717, 1.165) is 25.8 Å². The molecule has 1 heterocycles. The zero-order valence-electron chi connectivity index (χ0n) is 13.3. The van der Waals surface area contributed by atoms with Crippen molar-refractivity contribution in [1.82, 2.24) is 4.90 Å². The van der Waals surface area contributed by atoms with Crippen molar-refractivity contribution in [2.75, 3.05) is 18.5 Å². The van der Waals surface area contributed by atoms with Crippen LogP contribution in [0.1, 0.15) is 49.9 Å². The molecule has 0 spiro atoms. The standard InChI is InChI=1S/C17H24N2O3/c1-3-15-7-5-6-12-19(15)17(21)18-14-10-8-13(9-11-14)16(20)22-4-2/h8-11,15H,3-7,12H2,1-2H3,(H,18,21). The minimum Gasteiger partial charge on any atom is -0.462 e. The fourth-order valence-electron chi connectivity index (χ4n) is 2.79. The lowest BCUT2D eigenvalue weighted by molar-refractivity contribution is 0.0526. The van der Waals surface area contributed by atoms with Gasteiger partial charge in [-0.1, -0.05) is 6.92 Å². The summed E-state index contributed by atoms with van der Waals surface area (Å²) in [5.74, 6) is -0.345. The molecular weight excluding hydrogens is 280 g/mol. The Morgan fingerprint density at radius 2 is 1.95 bits per heavy atom. The molecule has 0 aromatic heterocycles. The molecule has 2 rings (SSSR count). The third-order valence-electron chi connectivity index (χ3n) is 4.01. The summed E-state index contributed by atoms with van der Waals surface area (Å²) in [4.78, 5) is 25.9. The Bertz CT molecular complexity index is 513. The maximum Gasteiger partial charge on any atom is 0.338 e. The first kappa shape index (κ1) is 16.3. The molecule has 2 amide bonds. The Labute approximate surface area is 131 Å². The van der Waals surface area contributed by atoms with Crippen LogP contribution in [0.4, 0.5) is 10.5 Å². The lowest BCUT2D eigenvalue weighted by atomic mass is 10.0. The van der Waals surface area contributed by atoms with Gasteiger partial charge in [-0.05, 0) is 56.9 Å². The number of nitrogens with one attached hydrogen (secondary N) is 1. The normalized spacial score (nSPS) is 17.9. The van der Waals surface area contributed by atoms with E-state index in [4.69, 9.17) is 4.74 Å². The predicted octanol–water partition coefficient (Wildman–Crippen LogP) is 3.66. The SMILES string of the molecule is CCOC(=O)c1ccc(NC(=O)N2CCCCC2CC)cc1. The Hall–Kier alpha value is -2.04. The highest BCUT2D eigenvalue weighted by atomic mass is 16.5. The smallest absolute Gasteiger partial charge is 0.338 e. The number of hydrogen-bond acceptors (Lipinski definition) is 3. The van der Waals surface area contributed by atoms with E-state index in [-0.39, 0.29) is 12.0 Å². The van der Waals surface area contributed by atoms with Gasteiger partial charge < -0.3 is 15.0 Å². The third kappa shape index (κ3) is 4.00. The van der Waals surface area contributed by atoms with Crippen LogP contribution in [0.15, 0.2) is 24.3 Å². The number of likely N-dealkylation sites (tertiary alicyclic amines) is 1. The molecule has 0 aliphatic carbocycles. The summed E-state index contributed by atoms with van der Waals surface area (Å²) in [5, 5.41) is 2.91. The zero-order chi connectivity index (χ0) is 15.9. The molecule has 1 aliphatic heterocycles. The van der Waals surface area contributed by atoms with Crippen molar-refractivity contribution >= 4 is 17.7 Å². The van der Waals surface area contributed by atoms with E-state index in [1.165, 1.54) is 6.42 Å². The van der Waals surface area contributed by atoms with Gasteiger partial charge in [0.25, 0.3) is 0 Å². The van der Waals surface area contributed by atoms with Gasteiger partial charge in [0.2, 0.25) is 0 Å². The summed E-state index contributed by atoms with van der Waals surface area (Å²) in [5.41, 5.74) is 1.18. The predicted molar refractivity (Wildman–Crippen MR) is 86.1 cm³/mol. The van der Waals surface area contributed by atoms with Gasteiger partial charge in [0.15, 0.2) is 0 Å². The van der Waals surface area contributed by atoms with Crippen LogP contribution in [0, 0.1) is 0 Å². The lowest BCUT2D eigenvalue weighted by Gasteiger charge is -2.35. The van der Waals surface area contributed by atoms with Gasteiger partial charge in [-0.25, -0.2) is 9.59 Å². The van der Waals surface area contributed by atoms with Crippen LogP contribution >= 0.6 is 0 Å². The molecule has 1 saturated heterocycles. The number of urea groups is 1. The summed E-state index contributed by atoms with van der Waals surface area (Å²) in [6.07, 6.45) is 4.31. The molecule has 0 radical (unpaired) electrons. The Morgan fingerprint density at radius 3 is 2.59 bits per heavy atom. The summed E-state index contributed by atoms with van der Waals surface area (Å²) in [6.45, 7) is 5.05. The highest BCUT2D eigenvalue weighted by Gasteiger charge is 2.25. The molecule has 22 heavy (non-hydrogen) atoms. The Balaban J connectivity index is 1.98. The van der Waals surface area contributed by atoms with Gasteiger partial charge in [0, 0.05) is 18.3 Å². The first-order valence-corrected chi connectivity index (χ1v) is 8.00. The largest absolute Gasteiger partial charge is 0.462 e. The quantitative estimate of drug-likeness (QED) is 0.864. The molecule has 120 valence electrons. The van der Waals surface area contributed by atoms with Crippen LogP contribution in [-0.4, -0.2) is 36.1 Å². The number of ether oxygens (including phenoxy) is 1. The van der Waals surface area contributed by atoms with E-state index < -0.39 is 0 Å². The van der Waals surface area contributed by atoms with Crippen LogP contribution in [-0.2, 0) is 4.74 Å². The summed E-state index contributed by atoms with van der Waals surface area (Å²) in [6, 6.07) is 7.06. The number of benzene rings is 1. The maximum absolute atomic E-state index is 12.4. The molecule has 1 aromatic carbocycles. The number of nitrogens with zero attached hydrogens (tertiary/aromatic N) is 1. The number of rotatable bonds is 4. The van der Waals surface area contributed by atoms with E-state index in [0.29, 0.717) is 23.9 Å². The van der Waals surface area contributed by atoms with E-state index in [1.54, 1.807) is 31.2 Å². The second-order valence-corrected chi connectivity index (χ2v) is 5.48. The van der Waals surface area contributed by atoms with Crippen molar-refractivity contribution < 1.29 is 14.3 Å². The molecule has 1 N–H and O–H groups in total. The molecule has 1 aliphatic rings. The number of hydrogen-bond donors (Lipinski definition) is 1. The van der Waals surface area contributed by atoms with Gasteiger partial charge in [-0.15, -0.1) is 0 Å². The molecule has 1 atom stereocenters. The van der Waals surface area contributed by atoms with Crippen molar-refractivity contribution in [1.29, 1.82) is 0 Å². The molecular formula is C17H24N2O3. The van der Waals surface area contributed by atoms with Gasteiger partial charge in [0.1, 0.15) is 0 Å². The average molecular weight is 304 g/mol. The highest BCUT2D eigenvalue weighted by molar-refractivity contribution is 5.92. The number of piperidine rings is 1. The lowest BCUT2D eigenvalue weighted by Crippen LogP contribution is -2.45. The van der Waals surface area contributed by atoms with E-state index in [9.17, 15) is 9.59 Å². The van der Waals surface area contributed by atoms with Gasteiger partial charge in [-0.2, -0.15) is 0 Å². The molecule has 0 bridgehead atoms. The highest BCUT2D eigenvalue weighted by Crippen LogP contribution is 2.21. The minimum atomic E-state index is -0.345. The first-order valence-electron chi connectivity index (χ1n) is 8.00. The van der Waals surface area contributed by atoms with Gasteiger partial charge in [-0.3, -0.25) is 0 Å². The maximum atomic E-state index is 12.4. The number of amides is 2. The van der Waals surface area contributed by atoms with Gasteiger partial charge in [0.05, 0.1) is 12.2 Å². The Kier molecular flexibility index (Phi) is 5.81. The van der Waals surface area contributed by atoms with Crippen LogP contribution in [0.25, 0.3) is 0 Å². The fraction of sp³-hybridized carbons (Fsp3) is 0.529. The van der Waals surface area contributed by atoms with Gasteiger partial charge >= 0.3 is 12.0 Å².